The van der Waals surface area contributed by atoms with E-state index >= 15 is 0 Å². The van der Waals surface area contributed by atoms with Gasteiger partial charge in [0.25, 0.3) is 0 Å². The van der Waals surface area contributed by atoms with Crippen molar-refractivity contribution in [1.29, 1.82) is 0 Å². The molecule has 0 spiro atoms. The minimum atomic E-state index is -0.0262. The van der Waals surface area contributed by atoms with Crippen LogP contribution in [0.25, 0.3) is 0 Å². The monoisotopic (exact) mass is 370 g/mol. The molecule has 0 saturated carbocycles. The molecule has 0 saturated heterocycles. The molecule has 0 aliphatic heterocycles. The van der Waals surface area contributed by atoms with Gasteiger partial charge < -0.3 is 20.8 Å². The molecule has 0 radical (unpaired) electrons. The van der Waals surface area contributed by atoms with Crippen molar-refractivity contribution in [2.45, 2.75) is 32.1 Å². The summed E-state index contributed by atoms with van der Waals surface area (Å²) in [5, 5.41) is 24.1. The molecular formula is C21H26N2O4. The molecule has 4 N–H and O–H groups in total. The van der Waals surface area contributed by atoms with Crippen molar-refractivity contribution >= 4 is 11.8 Å². The average Bonchev–Trinajstić information content (AvgIpc) is 2.67. The fraction of sp³-hybridized carbons (Fsp3) is 0.333. The van der Waals surface area contributed by atoms with Gasteiger partial charge in [-0.05, 0) is 54.7 Å². The molecule has 2 aromatic rings. The molecule has 2 aromatic carbocycles. The molecule has 0 bridgehead atoms. The Morgan fingerprint density at radius 1 is 0.667 bits per heavy atom. The Morgan fingerprint density at radius 2 is 1.04 bits per heavy atom. The highest BCUT2D eigenvalue weighted by Crippen LogP contribution is 2.11. The van der Waals surface area contributed by atoms with Crippen LogP contribution in [0, 0.1) is 0 Å². The Bertz CT molecular complexity index is 663. The molecular weight excluding hydrogens is 344 g/mol. The van der Waals surface area contributed by atoms with Crippen molar-refractivity contribution in [3.8, 4) is 11.5 Å². The van der Waals surface area contributed by atoms with Gasteiger partial charge in [-0.2, -0.15) is 0 Å². The standard InChI is InChI=1S/C21H26N2O4/c24-18-8-2-16(3-9-18)6-12-20(26)22-14-1-15-23-21(27)13-7-17-4-10-19(25)11-5-17/h2-5,8-11,24-25H,1,6-7,12-15H2,(H,22,26)(H,23,27). The third kappa shape index (κ3) is 8.27. The Balaban J connectivity index is 1.50. The van der Waals surface area contributed by atoms with Gasteiger partial charge in [-0.1, -0.05) is 24.3 Å². The molecule has 6 heteroatoms. The number of amides is 2. The fourth-order valence-electron chi connectivity index (χ4n) is 2.56. The Kier molecular flexibility index (Phi) is 8.16. The SMILES string of the molecule is O=C(CCc1ccc(O)cc1)NCCCNC(=O)CCc1ccc(O)cc1. The van der Waals surface area contributed by atoms with Gasteiger partial charge in [-0.25, -0.2) is 0 Å². The van der Waals surface area contributed by atoms with Crippen molar-refractivity contribution in [2.75, 3.05) is 13.1 Å². The van der Waals surface area contributed by atoms with E-state index in [1.807, 2.05) is 0 Å². The topological polar surface area (TPSA) is 98.7 Å². The van der Waals surface area contributed by atoms with Crippen molar-refractivity contribution < 1.29 is 19.8 Å². The molecule has 27 heavy (non-hydrogen) atoms. The second kappa shape index (κ2) is 10.9. The largest absolute Gasteiger partial charge is 0.508 e. The van der Waals surface area contributed by atoms with Crippen LogP contribution in [0.4, 0.5) is 0 Å². The van der Waals surface area contributed by atoms with Crippen molar-refractivity contribution in [2.24, 2.45) is 0 Å². The van der Waals surface area contributed by atoms with Crippen LogP contribution >= 0.6 is 0 Å². The fourth-order valence-corrected chi connectivity index (χ4v) is 2.56. The Labute approximate surface area is 159 Å². The highest BCUT2D eigenvalue weighted by atomic mass is 16.3. The summed E-state index contributed by atoms with van der Waals surface area (Å²) in [6.07, 6.45) is 2.71. The van der Waals surface area contributed by atoms with Crippen LogP contribution in [0.15, 0.2) is 48.5 Å². The van der Waals surface area contributed by atoms with E-state index in [0.717, 1.165) is 11.1 Å². The van der Waals surface area contributed by atoms with E-state index in [4.69, 9.17) is 0 Å². The number of phenols is 2. The van der Waals surface area contributed by atoms with Gasteiger partial charge >= 0.3 is 0 Å². The highest BCUT2D eigenvalue weighted by molar-refractivity contribution is 5.76. The maximum Gasteiger partial charge on any atom is 0.220 e. The maximum atomic E-state index is 11.8. The lowest BCUT2D eigenvalue weighted by atomic mass is 10.1. The van der Waals surface area contributed by atoms with E-state index in [2.05, 4.69) is 10.6 Å². The minimum absolute atomic E-state index is 0.0262. The van der Waals surface area contributed by atoms with Gasteiger partial charge in [-0.15, -0.1) is 0 Å². The van der Waals surface area contributed by atoms with E-state index in [1.54, 1.807) is 48.5 Å². The Morgan fingerprint density at radius 3 is 1.41 bits per heavy atom. The second-order valence-corrected chi connectivity index (χ2v) is 6.39. The first-order chi connectivity index (χ1) is 13.0. The van der Waals surface area contributed by atoms with Gasteiger partial charge in [0.05, 0.1) is 0 Å². The first-order valence-electron chi connectivity index (χ1n) is 9.12. The first kappa shape index (κ1) is 20.3. The summed E-state index contributed by atoms with van der Waals surface area (Å²) in [5.41, 5.74) is 2.01. The lowest BCUT2D eigenvalue weighted by Crippen LogP contribution is -2.30. The molecule has 0 fully saturated rings. The summed E-state index contributed by atoms with van der Waals surface area (Å²) < 4.78 is 0. The van der Waals surface area contributed by atoms with Crippen molar-refractivity contribution in [1.82, 2.24) is 10.6 Å². The molecule has 144 valence electrons. The van der Waals surface area contributed by atoms with Gasteiger partial charge in [-0.3, -0.25) is 9.59 Å². The highest BCUT2D eigenvalue weighted by Gasteiger charge is 2.04. The van der Waals surface area contributed by atoms with Gasteiger partial charge in [0.1, 0.15) is 11.5 Å². The van der Waals surface area contributed by atoms with E-state index in [1.165, 1.54) is 0 Å². The van der Waals surface area contributed by atoms with E-state index in [9.17, 15) is 19.8 Å². The lowest BCUT2D eigenvalue weighted by Gasteiger charge is -2.07. The minimum Gasteiger partial charge on any atom is -0.508 e. The van der Waals surface area contributed by atoms with Crippen molar-refractivity contribution in [3.63, 3.8) is 0 Å². The molecule has 2 rings (SSSR count). The van der Waals surface area contributed by atoms with Crippen LogP contribution < -0.4 is 10.6 Å². The van der Waals surface area contributed by atoms with Crippen molar-refractivity contribution in [3.05, 3.63) is 59.7 Å². The molecule has 0 aromatic heterocycles. The molecule has 0 heterocycles. The zero-order chi connectivity index (χ0) is 19.5. The summed E-state index contributed by atoms with van der Waals surface area (Å²) in [6.45, 7) is 1.04. The number of carbonyl (C=O) groups excluding carboxylic acids is 2. The average molecular weight is 370 g/mol. The maximum absolute atomic E-state index is 11.8. The molecule has 0 aliphatic rings. The first-order valence-corrected chi connectivity index (χ1v) is 9.12. The number of hydrogen-bond donors (Lipinski definition) is 4. The number of carbonyl (C=O) groups is 2. The van der Waals surface area contributed by atoms with Gasteiger partial charge in [0.2, 0.25) is 11.8 Å². The second-order valence-electron chi connectivity index (χ2n) is 6.39. The van der Waals surface area contributed by atoms with Gasteiger partial charge in [0.15, 0.2) is 0 Å². The zero-order valence-electron chi connectivity index (χ0n) is 15.3. The quantitative estimate of drug-likeness (QED) is 0.482. The molecule has 0 atom stereocenters. The van der Waals surface area contributed by atoms with E-state index < -0.39 is 0 Å². The normalized spacial score (nSPS) is 10.4. The predicted octanol–water partition coefficient (Wildman–Crippen LogP) is 2.29. The number of benzene rings is 2. The number of hydrogen-bond acceptors (Lipinski definition) is 4. The predicted molar refractivity (Wildman–Crippen MR) is 103 cm³/mol. The smallest absolute Gasteiger partial charge is 0.220 e. The van der Waals surface area contributed by atoms with E-state index in [0.29, 0.717) is 45.2 Å². The summed E-state index contributed by atoms with van der Waals surface area (Å²) in [6, 6.07) is 13.6. The van der Waals surface area contributed by atoms with Crippen LogP contribution in [0.3, 0.4) is 0 Å². The summed E-state index contributed by atoms with van der Waals surface area (Å²) in [5.74, 6) is 0.380. The zero-order valence-corrected chi connectivity index (χ0v) is 15.3. The third-order valence-electron chi connectivity index (χ3n) is 4.15. The van der Waals surface area contributed by atoms with Crippen LogP contribution in [0.1, 0.15) is 30.4 Å². The van der Waals surface area contributed by atoms with Crippen LogP contribution in [0.2, 0.25) is 0 Å². The van der Waals surface area contributed by atoms with Crippen LogP contribution in [-0.4, -0.2) is 35.1 Å². The van der Waals surface area contributed by atoms with Crippen LogP contribution in [0.5, 0.6) is 11.5 Å². The number of phenolic OH excluding ortho intramolecular Hbond substituents is 2. The number of nitrogens with one attached hydrogen (secondary N) is 2. The van der Waals surface area contributed by atoms with Crippen LogP contribution in [-0.2, 0) is 22.4 Å². The molecule has 0 unspecified atom stereocenters. The lowest BCUT2D eigenvalue weighted by molar-refractivity contribution is -0.121. The number of aromatic hydroxyl groups is 2. The summed E-state index contributed by atoms with van der Waals surface area (Å²) in [7, 11) is 0. The molecule has 2 amide bonds. The number of aryl methyl sites for hydroxylation is 2. The van der Waals surface area contributed by atoms with Gasteiger partial charge in [0, 0.05) is 25.9 Å². The molecule has 0 aliphatic carbocycles. The van der Waals surface area contributed by atoms with E-state index in [-0.39, 0.29) is 23.3 Å². The number of rotatable bonds is 10. The Hall–Kier alpha value is -3.02. The molecule has 6 nitrogen and oxygen atoms in total. The summed E-state index contributed by atoms with van der Waals surface area (Å²) in [4.78, 5) is 23.6. The third-order valence-corrected chi connectivity index (χ3v) is 4.15. The summed E-state index contributed by atoms with van der Waals surface area (Å²) >= 11 is 0.